The van der Waals surface area contributed by atoms with Crippen LogP contribution in [-0.2, 0) is 16.4 Å². The smallest absolute Gasteiger partial charge is 0.191 e. The highest BCUT2D eigenvalue weighted by Gasteiger charge is 2.14. The fraction of sp³-hybridized carbons (Fsp3) is 0.286. The zero-order valence-electron chi connectivity index (χ0n) is 12.1. The quantitative estimate of drug-likeness (QED) is 0.563. The van der Waals surface area contributed by atoms with Crippen molar-refractivity contribution < 1.29 is 8.42 Å². The monoisotopic (exact) mass is 357 g/mol. The van der Waals surface area contributed by atoms with Gasteiger partial charge in [0.05, 0.1) is 5.75 Å². The average molecular weight is 358 g/mol. The van der Waals surface area contributed by atoms with E-state index in [0.717, 1.165) is 5.56 Å². The molecule has 0 N–H and O–H groups in total. The van der Waals surface area contributed by atoms with Gasteiger partial charge in [-0.3, -0.25) is 4.57 Å². The summed E-state index contributed by atoms with van der Waals surface area (Å²) in [7, 11) is -2.98. The SMILES string of the molecule is C=CCn1c(SCCS(C)(=O)=O)nnc1-c1ccc(Cl)cc1. The van der Waals surface area contributed by atoms with E-state index in [1.165, 1.54) is 18.0 Å². The number of halogens is 1. The maximum atomic E-state index is 11.2. The lowest BCUT2D eigenvalue weighted by Crippen LogP contribution is -2.06. The van der Waals surface area contributed by atoms with Gasteiger partial charge in [-0.15, -0.1) is 16.8 Å². The van der Waals surface area contributed by atoms with E-state index in [4.69, 9.17) is 11.6 Å². The maximum Gasteiger partial charge on any atom is 0.191 e. The molecule has 0 fully saturated rings. The van der Waals surface area contributed by atoms with Crippen LogP contribution in [0.1, 0.15) is 0 Å². The first-order valence-corrected chi connectivity index (χ1v) is 9.93. The maximum absolute atomic E-state index is 11.2. The number of aromatic nitrogens is 3. The molecular weight excluding hydrogens is 342 g/mol. The molecule has 0 spiro atoms. The predicted molar refractivity (Wildman–Crippen MR) is 91.1 cm³/mol. The normalized spacial score (nSPS) is 11.5. The summed E-state index contributed by atoms with van der Waals surface area (Å²) in [5.41, 5.74) is 0.897. The Morgan fingerprint density at radius 3 is 2.59 bits per heavy atom. The number of hydrogen-bond donors (Lipinski definition) is 0. The van der Waals surface area contributed by atoms with Crippen molar-refractivity contribution in [2.24, 2.45) is 0 Å². The lowest BCUT2D eigenvalue weighted by Gasteiger charge is -2.07. The fourth-order valence-corrected chi connectivity index (χ4v) is 4.05. The fourth-order valence-electron chi connectivity index (χ4n) is 1.79. The van der Waals surface area contributed by atoms with Gasteiger partial charge in [0.1, 0.15) is 9.84 Å². The van der Waals surface area contributed by atoms with Crippen LogP contribution < -0.4 is 0 Å². The molecular formula is C14H16ClN3O2S2. The Morgan fingerprint density at radius 1 is 1.32 bits per heavy atom. The lowest BCUT2D eigenvalue weighted by molar-refractivity contribution is 0.603. The summed E-state index contributed by atoms with van der Waals surface area (Å²) in [5, 5.41) is 9.68. The molecule has 0 atom stereocenters. The molecule has 5 nitrogen and oxygen atoms in total. The van der Waals surface area contributed by atoms with Crippen LogP contribution in [0, 0.1) is 0 Å². The lowest BCUT2D eigenvalue weighted by atomic mass is 10.2. The van der Waals surface area contributed by atoms with Crippen molar-refractivity contribution in [3.63, 3.8) is 0 Å². The first kappa shape index (κ1) is 17.1. The molecule has 0 unspecified atom stereocenters. The number of rotatable bonds is 7. The van der Waals surface area contributed by atoms with E-state index in [-0.39, 0.29) is 5.75 Å². The van der Waals surface area contributed by atoms with Crippen molar-refractivity contribution in [1.29, 1.82) is 0 Å². The number of sulfone groups is 1. The standard InChI is InChI=1S/C14H16ClN3O2S2/c1-3-8-18-13(11-4-6-12(15)7-5-11)16-17-14(18)21-9-10-22(2,19)20/h3-7H,1,8-10H2,2H3. The molecule has 0 aliphatic rings. The molecule has 1 aromatic carbocycles. The molecule has 0 bridgehead atoms. The minimum Gasteiger partial charge on any atom is -0.298 e. The topological polar surface area (TPSA) is 64.8 Å². The summed E-state index contributed by atoms with van der Waals surface area (Å²) in [5.74, 6) is 1.25. The third-order valence-corrected chi connectivity index (χ3v) is 5.24. The molecule has 0 radical (unpaired) electrons. The Kier molecular flexibility index (Phi) is 5.66. The van der Waals surface area contributed by atoms with Gasteiger partial charge in [-0.05, 0) is 24.3 Å². The van der Waals surface area contributed by atoms with Crippen LogP contribution in [0.4, 0.5) is 0 Å². The first-order chi connectivity index (χ1) is 10.4. The van der Waals surface area contributed by atoms with E-state index < -0.39 is 9.84 Å². The third-order valence-electron chi connectivity index (χ3n) is 2.82. The average Bonchev–Trinajstić information content (AvgIpc) is 2.82. The molecule has 1 heterocycles. The number of thioether (sulfide) groups is 1. The van der Waals surface area contributed by atoms with Crippen molar-refractivity contribution in [1.82, 2.24) is 14.8 Å². The van der Waals surface area contributed by atoms with E-state index in [1.54, 1.807) is 18.2 Å². The number of allylic oxidation sites excluding steroid dienone is 1. The van der Waals surface area contributed by atoms with E-state index >= 15 is 0 Å². The van der Waals surface area contributed by atoms with Crippen molar-refractivity contribution in [3.8, 4) is 11.4 Å². The summed E-state index contributed by atoms with van der Waals surface area (Å²) < 4.78 is 24.3. The Labute approximate surface area is 139 Å². The highest BCUT2D eigenvalue weighted by molar-refractivity contribution is 8.00. The molecule has 1 aromatic heterocycles. The second-order valence-corrected chi connectivity index (χ2v) is 8.45. The minimum atomic E-state index is -2.98. The van der Waals surface area contributed by atoms with Gasteiger partial charge in [0.15, 0.2) is 11.0 Å². The van der Waals surface area contributed by atoms with Crippen LogP contribution in [0.15, 0.2) is 42.1 Å². The van der Waals surface area contributed by atoms with Gasteiger partial charge in [-0.2, -0.15) is 0 Å². The van der Waals surface area contributed by atoms with Crippen LogP contribution in [0.25, 0.3) is 11.4 Å². The van der Waals surface area contributed by atoms with E-state index in [0.29, 0.717) is 28.3 Å². The zero-order valence-corrected chi connectivity index (χ0v) is 14.5. The summed E-state index contributed by atoms with van der Waals surface area (Å²) in [6.45, 7) is 4.29. The number of benzene rings is 1. The highest BCUT2D eigenvalue weighted by atomic mass is 35.5. The van der Waals surface area contributed by atoms with Crippen molar-refractivity contribution in [2.45, 2.75) is 11.7 Å². The second-order valence-electron chi connectivity index (χ2n) is 4.69. The molecule has 0 aliphatic heterocycles. The predicted octanol–water partition coefficient (Wildman–Crippen LogP) is 2.92. The van der Waals surface area contributed by atoms with Crippen molar-refractivity contribution >= 4 is 33.2 Å². The van der Waals surface area contributed by atoms with Gasteiger partial charge in [0.25, 0.3) is 0 Å². The minimum absolute atomic E-state index is 0.106. The van der Waals surface area contributed by atoms with Gasteiger partial charge in [-0.1, -0.05) is 29.4 Å². The van der Waals surface area contributed by atoms with Gasteiger partial charge >= 0.3 is 0 Å². The molecule has 0 saturated carbocycles. The van der Waals surface area contributed by atoms with Crippen LogP contribution in [0.2, 0.25) is 5.02 Å². The zero-order chi connectivity index (χ0) is 16.2. The molecule has 0 saturated heterocycles. The summed E-state index contributed by atoms with van der Waals surface area (Å²) in [6, 6.07) is 7.33. The second kappa shape index (κ2) is 7.30. The van der Waals surface area contributed by atoms with Crippen LogP contribution in [0.5, 0.6) is 0 Å². The molecule has 8 heteroatoms. The molecule has 2 aromatic rings. The van der Waals surface area contributed by atoms with Gasteiger partial charge in [0.2, 0.25) is 0 Å². The van der Waals surface area contributed by atoms with Crippen LogP contribution >= 0.6 is 23.4 Å². The third kappa shape index (κ3) is 4.59. The van der Waals surface area contributed by atoms with Crippen LogP contribution in [-0.4, -0.2) is 40.9 Å². The Bertz CT molecular complexity index is 755. The van der Waals surface area contributed by atoms with Crippen LogP contribution in [0.3, 0.4) is 0 Å². The van der Waals surface area contributed by atoms with Gasteiger partial charge in [0, 0.05) is 29.1 Å². The molecule has 0 aliphatic carbocycles. The van der Waals surface area contributed by atoms with E-state index in [1.807, 2.05) is 16.7 Å². The van der Waals surface area contributed by atoms with E-state index in [9.17, 15) is 8.42 Å². The highest BCUT2D eigenvalue weighted by Crippen LogP contribution is 2.25. The largest absolute Gasteiger partial charge is 0.298 e. The first-order valence-electron chi connectivity index (χ1n) is 6.51. The van der Waals surface area contributed by atoms with Gasteiger partial charge in [-0.25, -0.2) is 8.42 Å². The molecule has 0 amide bonds. The molecule has 2 rings (SSSR count). The summed E-state index contributed by atoms with van der Waals surface area (Å²) >= 11 is 7.27. The van der Waals surface area contributed by atoms with E-state index in [2.05, 4.69) is 16.8 Å². The number of nitrogens with zero attached hydrogens (tertiary/aromatic N) is 3. The number of hydrogen-bond acceptors (Lipinski definition) is 5. The Balaban J connectivity index is 2.25. The van der Waals surface area contributed by atoms with Crippen molar-refractivity contribution in [3.05, 3.63) is 41.9 Å². The summed E-state index contributed by atoms with van der Waals surface area (Å²) in [4.78, 5) is 0. The Morgan fingerprint density at radius 2 is 2.00 bits per heavy atom. The Hall–Kier alpha value is -1.31. The van der Waals surface area contributed by atoms with Gasteiger partial charge < -0.3 is 0 Å². The summed E-state index contributed by atoms with van der Waals surface area (Å²) in [6.07, 6.45) is 2.98. The van der Waals surface area contributed by atoms with Crippen molar-refractivity contribution in [2.75, 3.05) is 17.8 Å². The molecule has 118 valence electrons. The molecule has 22 heavy (non-hydrogen) atoms.